The zero-order chi connectivity index (χ0) is 18.2. The summed E-state index contributed by atoms with van der Waals surface area (Å²) in [7, 11) is 3.00. The van der Waals surface area contributed by atoms with Gasteiger partial charge in [0.15, 0.2) is 11.5 Å². The highest BCUT2D eigenvalue weighted by Gasteiger charge is 2.33. The summed E-state index contributed by atoms with van der Waals surface area (Å²) in [5.74, 6) is 0.572. The van der Waals surface area contributed by atoms with Gasteiger partial charge in [0.2, 0.25) is 0 Å². The molecule has 4 nitrogen and oxygen atoms in total. The minimum Gasteiger partial charge on any atom is -0.493 e. The molecule has 3 rings (SSSR count). The fourth-order valence-corrected chi connectivity index (χ4v) is 2.62. The van der Waals surface area contributed by atoms with E-state index in [2.05, 4.69) is 5.32 Å². The molecule has 0 fully saturated rings. The van der Waals surface area contributed by atoms with Crippen molar-refractivity contribution in [2.45, 2.75) is 6.18 Å². The van der Waals surface area contributed by atoms with E-state index in [1.54, 1.807) is 24.3 Å². The molecule has 0 aliphatic carbocycles. The maximum atomic E-state index is 12.8. The lowest BCUT2D eigenvalue weighted by atomic mass is 10.0. The van der Waals surface area contributed by atoms with Crippen LogP contribution in [0.5, 0.6) is 11.5 Å². The molecule has 0 aromatic heterocycles. The summed E-state index contributed by atoms with van der Waals surface area (Å²) in [6, 6.07) is 8.28. The van der Waals surface area contributed by atoms with Gasteiger partial charge in [0.1, 0.15) is 0 Å². The highest BCUT2D eigenvalue weighted by atomic mass is 19.4. The van der Waals surface area contributed by atoms with Crippen molar-refractivity contribution in [2.75, 3.05) is 19.5 Å². The third-order valence-corrected chi connectivity index (χ3v) is 3.85. The van der Waals surface area contributed by atoms with Gasteiger partial charge in [0.25, 0.3) is 5.91 Å². The molecule has 0 saturated carbocycles. The fraction of sp³-hybridized carbons (Fsp3) is 0.167. The van der Waals surface area contributed by atoms with Gasteiger partial charge in [-0.05, 0) is 35.9 Å². The van der Waals surface area contributed by atoms with Crippen molar-refractivity contribution in [3.63, 3.8) is 0 Å². The molecule has 0 bridgehead atoms. The first-order valence-corrected chi connectivity index (χ1v) is 7.30. The minimum atomic E-state index is -4.46. The van der Waals surface area contributed by atoms with E-state index in [1.165, 1.54) is 20.3 Å². The normalized spacial score (nSPS) is 15.1. The molecule has 2 aromatic carbocycles. The molecule has 7 heteroatoms. The number of fused-ring (bicyclic) bond motifs is 1. The molecule has 0 atom stereocenters. The summed E-state index contributed by atoms with van der Waals surface area (Å²) in [6.07, 6.45) is -2.87. The molecule has 1 aliphatic heterocycles. The number of methoxy groups -OCH3 is 2. The molecule has 0 radical (unpaired) electrons. The SMILES string of the molecule is COc1ccc(/C=C2\C(=O)Nc3cc(C(F)(F)F)ccc32)cc1OC. The van der Waals surface area contributed by atoms with Crippen LogP contribution in [0, 0.1) is 0 Å². The Labute approximate surface area is 141 Å². The highest BCUT2D eigenvalue weighted by Crippen LogP contribution is 2.39. The van der Waals surface area contributed by atoms with E-state index in [0.717, 1.165) is 12.1 Å². The van der Waals surface area contributed by atoms with Crippen LogP contribution in [0.1, 0.15) is 16.7 Å². The lowest BCUT2D eigenvalue weighted by Crippen LogP contribution is -2.06. The quantitative estimate of drug-likeness (QED) is 0.844. The van der Waals surface area contributed by atoms with E-state index < -0.39 is 17.6 Å². The summed E-state index contributed by atoms with van der Waals surface area (Å²) in [5, 5.41) is 2.47. The average Bonchev–Trinajstić information content (AvgIpc) is 2.89. The van der Waals surface area contributed by atoms with Gasteiger partial charge < -0.3 is 14.8 Å². The van der Waals surface area contributed by atoms with Gasteiger partial charge in [-0.2, -0.15) is 13.2 Å². The van der Waals surface area contributed by atoms with Crippen molar-refractivity contribution in [2.24, 2.45) is 0 Å². The van der Waals surface area contributed by atoms with Crippen LogP contribution in [0.25, 0.3) is 11.6 Å². The number of rotatable bonds is 3. The second-order valence-electron chi connectivity index (χ2n) is 5.38. The Morgan fingerprint density at radius 3 is 2.36 bits per heavy atom. The third kappa shape index (κ3) is 3.17. The van der Waals surface area contributed by atoms with Crippen LogP contribution >= 0.6 is 0 Å². The zero-order valence-corrected chi connectivity index (χ0v) is 13.4. The number of alkyl halides is 3. The molecule has 1 heterocycles. The Morgan fingerprint density at radius 2 is 1.72 bits per heavy atom. The molecular weight excluding hydrogens is 335 g/mol. The van der Waals surface area contributed by atoms with Gasteiger partial charge in [-0.3, -0.25) is 4.79 Å². The number of carbonyl (C=O) groups excluding carboxylic acids is 1. The standard InChI is InChI=1S/C18H14F3NO3/c1-24-15-6-3-10(8-16(15)25-2)7-13-12-5-4-11(18(19,20)21)9-14(12)22-17(13)23/h3-9H,1-2H3,(H,22,23)/b13-7-. The molecule has 2 aromatic rings. The number of carbonyl (C=O) groups is 1. The monoisotopic (exact) mass is 349 g/mol. The molecule has 0 unspecified atom stereocenters. The van der Waals surface area contributed by atoms with Gasteiger partial charge >= 0.3 is 6.18 Å². The van der Waals surface area contributed by atoms with E-state index in [1.807, 2.05) is 0 Å². The number of nitrogens with one attached hydrogen (secondary N) is 1. The summed E-state index contributed by atoms with van der Waals surface area (Å²) in [4.78, 5) is 12.2. The first-order valence-electron chi connectivity index (χ1n) is 7.30. The molecule has 130 valence electrons. The lowest BCUT2D eigenvalue weighted by Gasteiger charge is -2.09. The van der Waals surface area contributed by atoms with Crippen molar-refractivity contribution in [1.82, 2.24) is 0 Å². The van der Waals surface area contributed by atoms with Crippen LogP contribution in [0.3, 0.4) is 0 Å². The van der Waals surface area contributed by atoms with E-state index in [4.69, 9.17) is 9.47 Å². The van der Waals surface area contributed by atoms with Crippen LogP contribution < -0.4 is 14.8 Å². The molecule has 0 saturated heterocycles. The molecular formula is C18H14F3NO3. The van der Waals surface area contributed by atoms with Crippen LogP contribution in [0.15, 0.2) is 36.4 Å². The number of anilines is 1. The summed E-state index contributed by atoms with van der Waals surface area (Å²) in [5.41, 5.74) is 0.713. The largest absolute Gasteiger partial charge is 0.493 e. The number of hydrogen-bond acceptors (Lipinski definition) is 3. The van der Waals surface area contributed by atoms with E-state index in [9.17, 15) is 18.0 Å². The predicted molar refractivity (Wildman–Crippen MR) is 87.5 cm³/mol. The number of amides is 1. The summed E-state index contributed by atoms with van der Waals surface area (Å²) < 4.78 is 48.8. The van der Waals surface area contributed by atoms with Crippen molar-refractivity contribution in [3.8, 4) is 11.5 Å². The van der Waals surface area contributed by atoms with Crippen molar-refractivity contribution < 1.29 is 27.4 Å². The van der Waals surface area contributed by atoms with Crippen molar-refractivity contribution in [1.29, 1.82) is 0 Å². The predicted octanol–water partition coefficient (Wildman–Crippen LogP) is 4.22. The van der Waals surface area contributed by atoms with Crippen LogP contribution in [-0.4, -0.2) is 20.1 Å². The third-order valence-electron chi connectivity index (χ3n) is 3.85. The van der Waals surface area contributed by atoms with Gasteiger partial charge in [-0.1, -0.05) is 12.1 Å². The van der Waals surface area contributed by atoms with Crippen LogP contribution in [-0.2, 0) is 11.0 Å². The van der Waals surface area contributed by atoms with Crippen LogP contribution in [0.4, 0.5) is 18.9 Å². The number of benzene rings is 2. The maximum absolute atomic E-state index is 12.8. The number of hydrogen-bond donors (Lipinski definition) is 1. The number of halogens is 3. The molecule has 1 amide bonds. The van der Waals surface area contributed by atoms with E-state index in [0.29, 0.717) is 22.6 Å². The van der Waals surface area contributed by atoms with Gasteiger partial charge in [0, 0.05) is 16.8 Å². The Bertz CT molecular complexity index is 872. The van der Waals surface area contributed by atoms with Gasteiger partial charge in [-0.15, -0.1) is 0 Å². The summed E-state index contributed by atoms with van der Waals surface area (Å²) in [6.45, 7) is 0. The maximum Gasteiger partial charge on any atom is 0.416 e. The Morgan fingerprint density at radius 1 is 1.00 bits per heavy atom. The van der Waals surface area contributed by atoms with Crippen molar-refractivity contribution >= 4 is 23.2 Å². The second kappa shape index (κ2) is 6.16. The van der Waals surface area contributed by atoms with E-state index >= 15 is 0 Å². The smallest absolute Gasteiger partial charge is 0.416 e. The molecule has 25 heavy (non-hydrogen) atoms. The first-order chi connectivity index (χ1) is 11.8. The average molecular weight is 349 g/mol. The zero-order valence-electron chi connectivity index (χ0n) is 13.4. The minimum absolute atomic E-state index is 0.145. The lowest BCUT2D eigenvalue weighted by molar-refractivity contribution is -0.137. The number of ether oxygens (including phenoxy) is 2. The molecule has 1 N–H and O–H groups in total. The molecule has 0 spiro atoms. The Hall–Kier alpha value is -2.96. The Balaban J connectivity index is 2.02. The highest BCUT2D eigenvalue weighted by molar-refractivity contribution is 6.34. The molecule has 1 aliphatic rings. The van der Waals surface area contributed by atoms with Crippen LogP contribution in [0.2, 0.25) is 0 Å². The van der Waals surface area contributed by atoms with Gasteiger partial charge in [0.05, 0.1) is 19.8 Å². The fourth-order valence-electron chi connectivity index (χ4n) is 2.62. The van der Waals surface area contributed by atoms with E-state index in [-0.39, 0.29) is 11.3 Å². The first kappa shape index (κ1) is 16.9. The Kier molecular flexibility index (Phi) is 4.16. The topological polar surface area (TPSA) is 47.6 Å². The second-order valence-corrected chi connectivity index (χ2v) is 5.38. The summed E-state index contributed by atoms with van der Waals surface area (Å²) >= 11 is 0. The van der Waals surface area contributed by atoms with Gasteiger partial charge in [-0.25, -0.2) is 0 Å². The van der Waals surface area contributed by atoms with Crippen molar-refractivity contribution in [3.05, 3.63) is 53.1 Å².